The van der Waals surface area contributed by atoms with E-state index in [0.717, 1.165) is 11.3 Å². The van der Waals surface area contributed by atoms with Crippen molar-refractivity contribution in [3.05, 3.63) is 309 Å². The number of carbonyl (C=O) groups is 6. The van der Waals surface area contributed by atoms with Gasteiger partial charge in [-0.3, -0.25) is 42.5 Å². The van der Waals surface area contributed by atoms with Crippen molar-refractivity contribution >= 4 is 132 Å². The number of carbonyl (C=O) groups excluding carboxylic acids is 6. The highest BCUT2D eigenvalue weighted by Crippen LogP contribution is 2.31. The number of benzene rings is 6. The molecule has 0 aliphatic rings. The summed E-state index contributed by atoms with van der Waals surface area (Å²) in [5.74, 6) is -1.96. The van der Waals surface area contributed by atoms with Crippen LogP contribution >= 0.6 is 11.5 Å². The molecule has 0 spiro atoms. The highest BCUT2D eigenvalue weighted by Gasteiger charge is 2.27. The summed E-state index contributed by atoms with van der Waals surface area (Å²) in [6, 6.07) is 48.2. The topological polar surface area (TPSA) is 433 Å². The van der Waals surface area contributed by atoms with E-state index in [1.807, 2.05) is 76.9 Å². The standard InChI is InChI=1S/C31H31N9O3.C30H28FN9O3.C29H29N9O3S/c1-20-14-15-33-25(17-20)36-30(42)21-10-12-22(13-11-21)39-27-28(32)34-19-35-29(27)40(31(39)43)24-8-5-7-23(18-24)38(4)26(41)9-6-16-37(2)3;1-37(2)16-6-10-24(41)38(3)21-7-4-8-22(17-21)40-28-25(26(32)34-18-35-28)39(30(40)43)20-13-11-19(12-14-20)29(42)36-27-23(31)9-5-15-33-27;1-18-15-23(42-34-18)33-28(40)19-10-12-20(13-11-19)37-25-26(30)31-17-32-27(25)38(29(37)41)22-8-5-7-21(16-22)36(4)24(39)9-6-14-35(2)3/h5-15,17-19H,16H2,1-4H3,(H2,32,34,35)(H,33,36,42);4-15,17-18H,16H2,1-3H3,(H2,32,34,35)(H,33,36,42);5-13,15-17H,14H2,1-4H3,(H,33,40)(H2,30,31,32)/b9-6+;10-6+;9-6+. The van der Waals surface area contributed by atoms with Gasteiger partial charge >= 0.3 is 17.1 Å². The van der Waals surface area contributed by atoms with E-state index in [-0.39, 0.29) is 69.5 Å². The number of hydrogen-bond acceptors (Lipinski definition) is 25. The molecule has 36 nitrogen and oxygen atoms in total. The van der Waals surface area contributed by atoms with Crippen molar-refractivity contribution in [3.8, 4) is 34.1 Å². The van der Waals surface area contributed by atoms with Gasteiger partial charge in [0.05, 0.1) is 39.8 Å². The minimum atomic E-state index is -0.664. The van der Waals surface area contributed by atoms with Gasteiger partial charge in [0.15, 0.2) is 46.0 Å². The van der Waals surface area contributed by atoms with Crippen LogP contribution in [0.25, 0.3) is 67.6 Å². The molecule has 15 rings (SSSR count). The zero-order chi connectivity index (χ0) is 91.3. The van der Waals surface area contributed by atoms with Crippen LogP contribution in [-0.2, 0) is 14.4 Å². The number of hydrogen-bond donors (Lipinski definition) is 6. The molecule has 15 aromatic rings. The molecule has 0 aliphatic heterocycles. The summed E-state index contributed by atoms with van der Waals surface area (Å²) in [7, 11) is 16.5. The number of rotatable bonds is 24. The first-order chi connectivity index (χ1) is 61.4. The summed E-state index contributed by atoms with van der Waals surface area (Å²) in [6.07, 6.45) is 16.7. The van der Waals surface area contributed by atoms with Gasteiger partial charge in [0.25, 0.3) is 17.7 Å². The Hall–Kier alpha value is -16.5. The van der Waals surface area contributed by atoms with E-state index in [4.69, 9.17) is 17.2 Å². The monoisotopic (exact) mass is 1740 g/mol. The van der Waals surface area contributed by atoms with Gasteiger partial charge in [-0.05, 0) is 231 Å². The number of amides is 6. The lowest BCUT2D eigenvalue weighted by atomic mass is 10.2. The Labute approximate surface area is 735 Å². The van der Waals surface area contributed by atoms with Crippen LogP contribution < -0.4 is 64.9 Å². The molecule has 0 bridgehead atoms. The van der Waals surface area contributed by atoms with Crippen LogP contribution in [0, 0.1) is 19.7 Å². The molecule has 9 N–H and O–H groups in total. The first-order valence-corrected chi connectivity index (χ1v) is 40.2. The van der Waals surface area contributed by atoms with Gasteiger partial charge in [-0.15, -0.1) is 0 Å². The molecule has 0 saturated carbocycles. The number of nitrogens with two attached hydrogens (primary N) is 3. The third-order valence-electron chi connectivity index (χ3n) is 19.7. The Kier molecular flexibility index (Phi) is 27.5. The largest absolute Gasteiger partial charge is 0.382 e. The smallest absolute Gasteiger partial charge is 0.339 e. The maximum absolute atomic E-state index is 14.0. The lowest BCUT2D eigenvalue weighted by Crippen LogP contribution is -2.25. The van der Waals surface area contributed by atoms with Crippen LogP contribution in [0.1, 0.15) is 42.3 Å². The van der Waals surface area contributed by atoms with Gasteiger partial charge < -0.3 is 62.6 Å². The molecule has 128 heavy (non-hydrogen) atoms. The predicted molar refractivity (Wildman–Crippen MR) is 494 cm³/mol. The van der Waals surface area contributed by atoms with Crippen LogP contribution in [0.4, 0.5) is 55.5 Å². The number of pyridine rings is 2. The number of halogens is 1. The van der Waals surface area contributed by atoms with Crippen molar-refractivity contribution in [3.63, 3.8) is 0 Å². The number of nitrogens with zero attached hydrogens (tertiary/aromatic N) is 21. The normalized spacial score (nSPS) is 11.4. The SMILES string of the molecule is CN(C)C/C=C/C(=O)N(C)c1cccc(-n2c(=O)n(-c3ccc(C(=O)Nc4ncccc4F)cc3)c3c(N)ncnc32)c1.Cc1cc(NC(=O)c2ccc(-n3c(=O)n(-c4cccc(N(C)C(=O)/C=C/CN(C)C)c4)c4ncnc(N)c43)cc2)sn1.Cc1ccnc(NC(=O)c2ccc(-n3c(=O)n(-c4cccc(N(C)C(=O)/C=C/CN(C)C)c4)c4ncnc(N)c43)cc2)c1. The molecule has 0 fully saturated rings. The zero-order valence-electron chi connectivity index (χ0n) is 71.3. The van der Waals surface area contributed by atoms with Gasteiger partial charge in [-0.25, -0.2) is 72.3 Å². The highest BCUT2D eigenvalue weighted by molar-refractivity contribution is 7.10. The number of aromatic nitrogens is 15. The Bertz CT molecular complexity index is 7010. The van der Waals surface area contributed by atoms with Gasteiger partial charge in [-0.1, -0.05) is 36.4 Å². The van der Waals surface area contributed by atoms with Gasteiger partial charge in [0.1, 0.15) is 46.4 Å². The molecule has 6 aromatic carbocycles. The number of anilines is 9. The molecular formula is C90H88FN27O9S. The van der Waals surface area contributed by atoms with Crippen molar-refractivity contribution in [2.24, 2.45) is 0 Å². The van der Waals surface area contributed by atoms with Gasteiger partial charge in [-0.2, -0.15) is 4.37 Å². The van der Waals surface area contributed by atoms with E-state index in [0.29, 0.717) is 115 Å². The molecule has 0 unspecified atom stereocenters. The molecule has 0 saturated heterocycles. The van der Waals surface area contributed by atoms with Crippen LogP contribution in [0.15, 0.2) is 258 Å². The highest BCUT2D eigenvalue weighted by atomic mass is 32.1. The number of fused-ring (bicyclic) bond motifs is 3. The van der Waals surface area contributed by atoms with Gasteiger partial charge in [0, 0.05) is 105 Å². The molecule has 9 heterocycles. The molecule has 38 heteroatoms. The summed E-state index contributed by atoms with van der Waals surface area (Å²) in [6.45, 7) is 5.64. The second-order valence-corrected chi connectivity index (χ2v) is 30.6. The van der Waals surface area contributed by atoms with E-state index in [1.165, 1.54) is 121 Å². The van der Waals surface area contributed by atoms with Crippen LogP contribution in [-0.4, -0.2) is 205 Å². The van der Waals surface area contributed by atoms with Crippen LogP contribution in [0.5, 0.6) is 0 Å². The summed E-state index contributed by atoms with van der Waals surface area (Å²) in [4.78, 5) is 162. The van der Waals surface area contributed by atoms with Crippen LogP contribution in [0.2, 0.25) is 0 Å². The summed E-state index contributed by atoms with van der Waals surface area (Å²) < 4.78 is 26.5. The van der Waals surface area contributed by atoms with Crippen molar-refractivity contribution in [1.82, 2.24) is 86.3 Å². The van der Waals surface area contributed by atoms with Crippen LogP contribution in [0.3, 0.4) is 0 Å². The summed E-state index contributed by atoms with van der Waals surface area (Å²) in [5.41, 5.74) is 26.4. The molecule has 0 atom stereocenters. The first kappa shape index (κ1) is 89.3. The number of nitrogen functional groups attached to an aromatic ring is 3. The average molecular weight is 1740 g/mol. The summed E-state index contributed by atoms with van der Waals surface area (Å²) >= 11 is 1.20. The molecule has 9 aromatic heterocycles. The van der Waals surface area contributed by atoms with E-state index < -0.39 is 28.8 Å². The second kappa shape index (κ2) is 39.4. The van der Waals surface area contributed by atoms with Crippen molar-refractivity contribution in [1.29, 1.82) is 0 Å². The van der Waals surface area contributed by atoms with E-state index in [9.17, 15) is 47.5 Å². The number of imidazole rings is 3. The second-order valence-electron chi connectivity index (χ2n) is 29.8. The van der Waals surface area contributed by atoms with E-state index in [1.54, 1.807) is 191 Å². The van der Waals surface area contributed by atoms with Gasteiger partial charge in [0.2, 0.25) is 17.7 Å². The third kappa shape index (κ3) is 20.1. The third-order valence-corrected chi connectivity index (χ3v) is 20.5. The fourth-order valence-electron chi connectivity index (χ4n) is 13.2. The number of likely N-dealkylation sites (N-methyl/N-ethyl adjacent to an activating group) is 6. The average Bonchev–Trinajstić information content (AvgIpc) is 1.60. The number of aryl methyl sites for hydroxylation is 2. The number of nitrogens with one attached hydrogen (secondary N) is 3. The fourth-order valence-corrected chi connectivity index (χ4v) is 13.9. The van der Waals surface area contributed by atoms with Crippen molar-refractivity contribution < 1.29 is 33.2 Å². The quantitative estimate of drug-likeness (QED) is 0.0306. The Morgan fingerprint density at radius 1 is 0.391 bits per heavy atom. The zero-order valence-corrected chi connectivity index (χ0v) is 72.1. The van der Waals surface area contributed by atoms with E-state index in [2.05, 4.69) is 60.2 Å². The molecule has 0 radical (unpaired) electrons. The Morgan fingerprint density at radius 2 is 0.750 bits per heavy atom. The maximum atomic E-state index is 14.0. The molecule has 0 aliphatic carbocycles. The predicted octanol–water partition coefficient (Wildman–Crippen LogP) is 9.46. The Balaban J connectivity index is 0.000000164. The lowest BCUT2D eigenvalue weighted by molar-refractivity contribution is -0.114. The minimum Gasteiger partial charge on any atom is -0.382 e. The minimum absolute atomic E-state index is 0.0720. The maximum Gasteiger partial charge on any atom is 0.339 e. The molecular weight excluding hydrogens is 1650 g/mol. The van der Waals surface area contributed by atoms with Crippen molar-refractivity contribution in [2.75, 3.05) is 131 Å². The summed E-state index contributed by atoms with van der Waals surface area (Å²) in [5, 5.41) is 8.67. The van der Waals surface area contributed by atoms with Crippen molar-refractivity contribution in [2.45, 2.75) is 13.8 Å². The first-order valence-electron chi connectivity index (χ1n) is 39.4. The van der Waals surface area contributed by atoms with E-state index >= 15 is 0 Å². The lowest BCUT2D eigenvalue weighted by Gasteiger charge is -2.16. The fraction of sp³-hybridized carbons (Fsp3) is 0.156. The molecule has 650 valence electrons. The Morgan fingerprint density at radius 3 is 1.09 bits per heavy atom. The molecule has 6 amide bonds.